The molecule has 1 unspecified atom stereocenters. The Morgan fingerprint density at radius 1 is 1.44 bits per heavy atom. The van der Waals surface area contributed by atoms with Crippen LogP contribution in [0.15, 0.2) is 29.0 Å². The summed E-state index contributed by atoms with van der Waals surface area (Å²) in [6.45, 7) is 4.79. The Bertz CT molecular complexity index is 539. The third-order valence-electron chi connectivity index (χ3n) is 2.95. The summed E-state index contributed by atoms with van der Waals surface area (Å²) in [4.78, 5) is 4.17. The normalized spacial score (nSPS) is 12.7. The zero-order chi connectivity index (χ0) is 13.1. The smallest absolute Gasteiger partial charge is 0.138 e. The van der Waals surface area contributed by atoms with E-state index in [0.717, 1.165) is 28.0 Å². The molecule has 0 bridgehead atoms. The van der Waals surface area contributed by atoms with Crippen LogP contribution >= 0.6 is 15.9 Å². The molecule has 0 amide bonds. The quantitative estimate of drug-likeness (QED) is 0.944. The summed E-state index contributed by atoms with van der Waals surface area (Å²) >= 11 is 3.48. The van der Waals surface area contributed by atoms with Crippen LogP contribution in [0.3, 0.4) is 0 Å². The Kier molecular flexibility index (Phi) is 4.14. The van der Waals surface area contributed by atoms with E-state index >= 15 is 0 Å². The summed E-state index contributed by atoms with van der Waals surface area (Å²) in [7, 11) is 0. The van der Waals surface area contributed by atoms with E-state index in [4.69, 9.17) is 0 Å². The molecule has 1 aromatic carbocycles. The van der Waals surface area contributed by atoms with Gasteiger partial charge < -0.3 is 5.11 Å². The molecule has 1 heterocycles. The minimum absolute atomic E-state index is 0.476. The third kappa shape index (κ3) is 2.79. The number of hydrogen-bond donors (Lipinski definition) is 1. The zero-order valence-electron chi connectivity index (χ0n) is 10.5. The van der Waals surface area contributed by atoms with Gasteiger partial charge in [0.1, 0.15) is 12.2 Å². The second kappa shape index (κ2) is 5.63. The van der Waals surface area contributed by atoms with Crippen molar-refractivity contribution in [1.29, 1.82) is 0 Å². The van der Waals surface area contributed by atoms with Gasteiger partial charge in [0.2, 0.25) is 0 Å². The predicted octanol–water partition coefficient (Wildman–Crippen LogP) is 2.65. The maximum absolute atomic E-state index is 10.2. The van der Waals surface area contributed by atoms with Gasteiger partial charge in [0, 0.05) is 17.4 Å². The highest BCUT2D eigenvalue weighted by atomic mass is 79.9. The average Bonchev–Trinajstić information content (AvgIpc) is 2.79. The number of rotatable bonds is 4. The molecule has 1 aromatic heterocycles. The lowest BCUT2D eigenvalue weighted by Gasteiger charge is -2.12. The molecule has 1 atom stereocenters. The summed E-state index contributed by atoms with van der Waals surface area (Å²) in [6, 6.07) is 5.89. The summed E-state index contributed by atoms with van der Waals surface area (Å²) in [5, 5.41) is 14.3. The van der Waals surface area contributed by atoms with Gasteiger partial charge in [-0.3, -0.25) is 4.68 Å². The number of aryl methyl sites for hydroxylation is 2. The van der Waals surface area contributed by atoms with Gasteiger partial charge in [-0.2, -0.15) is 5.10 Å². The summed E-state index contributed by atoms with van der Waals surface area (Å²) in [5.41, 5.74) is 2.04. The maximum Gasteiger partial charge on any atom is 0.138 e. The molecule has 0 saturated heterocycles. The Morgan fingerprint density at radius 2 is 2.22 bits per heavy atom. The lowest BCUT2D eigenvalue weighted by molar-refractivity contribution is 0.174. The number of halogens is 1. The second-order valence-corrected chi connectivity index (χ2v) is 5.07. The molecule has 0 aliphatic heterocycles. The first-order valence-electron chi connectivity index (χ1n) is 5.92. The van der Waals surface area contributed by atoms with Crippen LogP contribution in [0.2, 0.25) is 0 Å². The van der Waals surface area contributed by atoms with Gasteiger partial charge in [-0.15, -0.1) is 0 Å². The van der Waals surface area contributed by atoms with Crippen LogP contribution in [-0.2, 0) is 13.0 Å². The second-order valence-electron chi connectivity index (χ2n) is 4.22. The standard InChI is InChI=1S/C13H16BrN3O/c1-3-17-13(15-8-16-17)7-12(18)10-5-4-9(2)11(14)6-10/h4-6,8,12,18H,3,7H2,1-2H3. The van der Waals surface area contributed by atoms with Crippen molar-refractivity contribution < 1.29 is 5.11 Å². The van der Waals surface area contributed by atoms with E-state index in [-0.39, 0.29) is 0 Å². The van der Waals surface area contributed by atoms with Crippen molar-refractivity contribution in [3.05, 3.63) is 46.0 Å². The molecule has 2 aromatic rings. The van der Waals surface area contributed by atoms with E-state index in [9.17, 15) is 5.11 Å². The molecule has 0 aliphatic carbocycles. The minimum atomic E-state index is -0.559. The fourth-order valence-electron chi connectivity index (χ4n) is 1.82. The summed E-state index contributed by atoms with van der Waals surface area (Å²) in [6.07, 6.45) is 1.44. The molecule has 0 aliphatic rings. The monoisotopic (exact) mass is 309 g/mol. The lowest BCUT2D eigenvalue weighted by atomic mass is 10.0. The lowest BCUT2D eigenvalue weighted by Crippen LogP contribution is -2.09. The van der Waals surface area contributed by atoms with Crippen molar-refractivity contribution in [3.63, 3.8) is 0 Å². The molecular weight excluding hydrogens is 294 g/mol. The largest absolute Gasteiger partial charge is 0.388 e. The van der Waals surface area contributed by atoms with Gasteiger partial charge in [-0.05, 0) is 31.0 Å². The van der Waals surface area contributed by atoms with Crippen molar-refractivity contribution in [1.82, 2.24) is 14.8 Å². The fraction of sp³-hybridized carbons (Fsp3) is 0.385. The van der Waals surface area contributed by atoms with Gasteiger partial charge in [0.05, 0.1) is 6.10 Å². The fourth-order valence-corrected chi connectivity index (χ4v) is 2.21. The van der Waals surface area contributed by atoms with Crippen LogP contribution in [-0.4, -0.2) is 19.9 Å². The molecule has 2 rings (SSSR count). The first-order chi connectivity index (χ1) is 8.61. The van der Waals surface area contributed by atoms with Crippen LogP contribution in [0, 0.1) is 6.92 Å². The molecular formula is C13H16BrN3O. The number of aliphatic hydroxyl groups excluding tert-OH is 1. The highest BCUT2D eigenvalue weighted by Gasteiger charge is 2.13. The minimum Gasteiger partial charge on any atom is -0.388 e. The Balaban J connectivity index is 2.16. The Labute approximate surface area is 115 Å². The number of benzene rings is 1. The van der Waals surface area contributed by atoms with E-state index in [1.807, 2.05) is 32.0 Å². The topological polar surface area (TPSA) is 50.9 Å². The number of hydrogen-bond acceptors (Lipinski definition) is 3. The number of nitrogens with zero attached hydrogens (tertiary/aromatic N) is 3. The molecule has 0 saturated carbocycles. The zero-order valence-corrected chi connectivity index (χ0v) is 12.1. The van der Waals surface area contributed by atoms with Crippen LogP contribution in [0.1, 0.15) is 30.0 Å². The predicted molar refractivity (Wildman–Crippen MR) is 73.2 cm³/mol. The SMILES string of the molecule is CCn1ncnc1CC(O)c1ccc(C)c(Br)c1. The van der Waals surface area contributed by atoms with Gasteiger partial charge in [-0.25, -0.2) is 4.98 Å². The van der Waals surface area contributed by atoms with Crippen LogP contribution in [0.4, 0.5) is 0 Å². The van der Waals surface area contributed by atoms with Crippen molar-refractivity contribution >= 4 is 15.9 Å². The average molecular weight is 310 g/mol. The van der Waals surface area contributed by atoms with Gasteiger partial charge in [0.15, 0.2) is 0 Å². The molecule has 18 heavy (non-hydrogen) atoms. The van der Waals surface area contributed by atoms with Crippen LogP contribution in [0.5, 0.6) is 0 Å². The van der Waals surface area contributed by atoms with Crippen molar-refractivity contribution in [2.75, 3.05) is 0 Å². The molecule has 0 radical (unpaired) electrons. The van der Waals surface area contributed by atoms with Crippen molar-refractivity contribution in [2.45, 2.75) is 32.9 Å². The molecule has 0 fully saturated rings. The molecule has 4 nitrogen and oxygen atoms in total. The van der Waals surface area contributed by atoms with Crippen LogP contribution in [0.25, 0.3) is 0 Å². The van der Waals surface area contributed by atoms with Crippen molar-refractivity contribution in [3.8, 4) is 0 Å². The maximum atomic E-state index is 10.2. The Morgan fingerprint density at radius 3 is 2.89 bits per heavy atom. The molecule has 0 spiro atoms. The summed E-state index contributed by atoms with van der Waals surface area (Å²) in [5.74, 6) is 0.807. The Hall–Kier alpha value is -1.20. The van der Waals surface area contributed by atoms with E-state index in [2.05, 4.69) is 26.0 Å². The number of aliphatic hydroxyl groups is 1. The van der Waals surface area contributed by atoms with Gasteiger partial charge >= 0.3 is 0 Å². The van der Waals surface area contributed by atoms with Crippen LogP contribution < -0.4 is 0 Å². The number of aromatic nitrogens is 3. The van der Waals surface area contributed by atoms with Crippen molar-refractivity contribution in [2.24, 2.45) is 0 Å². The van der Waals surface area contributed by atoms with E-state index < -0.39 is 6.10 Å². The van der Waals surface area contributed by atoms with Gasteiger partial charge in [0.25, 0.3) is 0 Å². The molecule has 1 N–H and O–H groups in total. The highest BCUT2D eigenvalue weighted by Crippen LogP contribution is 2.23. The molecule has 5 heteroatoms. The first kappa shape index (κ1) is 13.2. The van der Waals surface area contributed by atoms with E-state index in [1.165, 1.54) is 6.33 Å². The van der Waals surface area contributed by atoms with E-state index in [0.29, 0.717) is 6.42 Å². The molecule has 96 valence electrons. The van der Waals surface area contributed by atoms with E-state index in [1.54, 1.807) is 4.68 Å². The van der Waals surface area contributed by atoms with Gasteiger partial charge in [-0.1, -0.05) is 28.1 Å². The third-order valence-corrected chi connectivity index (χ3v) is 3.81. The first-order valence-corrected chi connectivity index (χ1v) is 6.72. The highest BCUT2D eigenvalue weighted by molar-refractivity contribution is 9.10. The summed E-state index contributed by atoms with van der Waals surface area (Å²) < 4.78 is 2.81.